The normalized spacial score (nSPS) is 10.5. The molecule has 0 heterocycles. The number of hydrogen-bond donors (Lipinski definition) is 1. The molecule has 0 spiro atoms. The van der Waals surface area contributed by atoms with Crippen molar-refractivity contribution in [2.75, 3.05) is 20.8 Å². The summed E-state index contributed by atoms with van der Waals surface area (Å²) in [5, 5.41) is 6.33. The maximum absolute atomic E-state index is 12.1. The second-order valence-corrected chi connectivity index (χ2v) is 4.77. The monoisotopic (exact) mass is 338 g/mol. The maximum atomic E-state index is 12.1. The first-order chi connectivity index (χ1) is 12.2. The SMILES string of the molecule is C#CCOc1cccc(Oc2ccccc2/C(=N/OC)C(=O)NC)c1. The molecular formula is C19H18N2O4. The number of carbonyl (C=O) groups is 1. The summed E-state index contributed by atoms with van der Waals surface area (Å²) in [6.07, 6.45) is 5.19. The van der Waals surface area contributed by atoms with Gasteiger partial charge in [-0.3, -0.25) is 4.79 Å². The van der Waals surface area contributed by atoms with E-state index in [1.165, 1.54) is 14.2 Å². The van der Waals surface area contributed by atoms with E-state index in [2.05, 4.69) is 16.4 Å². The van der Waals surface area contributed by atoms with Crippen molar-refractivity contribution in [3.05, 3.63) is 54.1 Å². The Morgan fingerprint density at radius 2 is 1.96 bits per heavy atom. The maximum Gasteiger partial charge on any atom is 0.273 e. The second kappa shape index (κ2) is 8.99. The lowest BCUT2D eigenvalue weighted by atomic mass is 10.1. The van der Waals surface area contributed by atoms with Crippen LogP contribution in [0.3, 0.4) is 0 Å². The van der Waals surface area contributed by atoms with Gasteiger partial charge in [0.1, 0.15) is 31.0 Å². The minimum Gasteiger partial charge on any atom is -0.481 e. The lowest BCUT2D eigenvalue weighted by Crippen LogP contribution is -2.28. The number of ether oxygens (including phenoxy) is 2. The van der Waals surface area contributed by atoms with Crippen LogP contribution in [-0.4, -0.2) is 32.4 Å². The molecule has 0 aliphatic carbocycles. The van der Waals surface area contributed by atoms with E-state index in [1.54, 1.807) is 48.5 Å². The molecule has 1 amide bonds. The van der Waals surface area contributed by atoms with Crippen molar-refractivity contribution in [1.82, 2.24) is 5.32 Å². The van der Waals surface area contributed by atoms with Gasteiger partial charge in [0.2, 0.25) is 0 Å². The number of hydrogen-bond acceptors (Lipinski definition) is 5. The van der Waals surface area contributed by atoms with E-state index in [-0.39, 0.29) is 18.2 Å². The molecule has 6 heteroatoms. The Labute approximate surface area is 146 Å². The topological polar surface area (TPSA) is 69.1 Å². The number of likely N-dealkylation sites (N-methyl/N-ethyl adjacent to an activating group) is 1. The number of amides is 1. The minimum absolute atomic E-state index is 0.111. The zero-order valence-electron chi connectivity index (χ0n) is 14.0. The van der Waals surface area contributed by atoms with E-state index >= 15 is 0 Å². The molecule has 6 nitrogen and oxygen atoms in total. The van der Waals surface area contributed by atoms with Crippen LogP contribution in [-0.2, 0) is 9.63 Å². The summed E-state index contributed by atoms with van der Waals surface area (Å²) < 4.78 is 11.3. The Balaban J connectivity index is 2.34. The zero-order valence-corrected chi connectivity index (χ0v) is 14.0. The summed E-state index contributed by atoms with van der Waals surface area (Å²) in [6, 6.07) is 14.1. The number of nitrogens with zero attached hydrogens (tertiary/aromatic N) is 1. The number of carbonyl (C=O) groups excluding carboxylic acids is 1. The van der Waals surface area contributed by atoms with E-state index < -0.39 is 0 Å². The Morgan fingerprint density at radius 3 is 2.68 bits per heavy atom. The van der Waals surface area contributed by atoms with Crippen LogP contribution in [0, 0.1) is 12.3 Å². The van der Waals surface area contributed by atoms with Gasteiger partial charge < -0.3 is 19.6 Å². The van der Waals surface area contributed by atoms with Crippen molar-refractivity contribution in [3.63, 3.8) is 0 Å². The molecule has 0 unspecified atom stereocenters. The summed E-state index contributed by atoms with van der Waals surface area (Å²) in [7, 11) is 2.89. The van der Waals surface area contributed by atoms with Gasteiger partial charge >= 0.3 is 0 Å². The van der Waals surface area contributed by atoms with Crippen molar-refractivity contribution < 1.29 is 19.1 Å². The third kappa shape index (κ3) is 4.75. The largest absolute Gasteiger partial charge is 0.481 e. The number of oxime groups is 1. The van der Waals surface area contributed by atoms with Crippen molar-refractivity contribution in [1.29, 1.82) is 0 Å². The zero-order chi connectivity index (χ0) is 18.1. The van der Waals surface area contributed by atoms with E-state index in [0.717, 1.165) is 0 Å². The lowest BCUT2D eigenvalue weighted by molar-refractivity contribution is -0.114. The number of nitrogens with one attached hydrogen (secondary N) is 1. The fourth-order valence-corrected chi connectivity index (χ4v) is 2.05. The van der Waals surface area contributed by atoms with Gasteiger partial charge in [-0.05, 0) is 24.3 Å². The molecule has 0 radical (unpaired) electrons. The molecule has 0 atom stereocenters. The van der Waals surface area contributed by atoms with Gasteiger partial charge in [0.25, 0.3) is 5.91 Å². The van der Waals surface area contributed by atoms with Gasteiger partial charge in [-0.15, -0.1) is 6.42 Å². The second-order valence-electron chi connectivity index (χ2n) is 4.77. The van der Waals surface area contributed by atoms with E-state index in [4.69, 9.17) is 20.7 Å². The fourth-order valence-electron chi connectivity index (χ4n) is 2.05. The van der Waals surface area contributed by atoms with Crippen LogP contribution < -0.4 is 14.8 Å². The van der Waals surface area contributed by atoms with Crippen molar-refractivity contribution in [2.45, 2.75) is 0 Å². The molecule has 0 fully saturated rings. The highest BCUT2D eigenvalue weighted by Crippen LogP contribution is 2.28. The first kappa shape index (κ1) is 17.9. The van der Waals surface area contributed by atoms with Gasteiger partial charge in [-0.2, -0.15) is 0 Å². The Kier molecular flexibility index (Phi) is 6.43. The lowest BCUT2D eigenvalue weighted by Gasteiger charge is -2.12. The molecule has 1 N–H and O–H groups in total. The van der Waals surface area contributed by atoms with Gasteiger partial charge in [-0.25, -0.2) is 0 Å². The van der Waals surface area contributed by atoms with E-state index in [9.17, 15) is 4.79 Å². The Morgan fingerprint density at radius 1 is 1.20 bits per heavy atom. The summed E-state index contributed by atoms with van der Waals surface area (Å²) in [5.41, 5.74) is 0.610. The number of rotatable bonds is 7. The Hall–Kier alpha value is -3.46. The molecular weight excluding hydrogens is 320 g/mol. The number of terminal acetylenes is 1. The molecule has 0 saturated heterocycles. The smallest absolute Gasteiger partial charge is 0.273 e. The van der Waals surface area contributed by atoms with Gasteiger partial charge in [0.15, 0.2) is 5.71 Å². The molecule has 0 bridgehead atoms. The van der Waals surface area contributed by atoms with Crippen molar-refractivity contribution in [2.24, 2.45) is 5.16 Å². The molecule has 128 valence electrons. The standard InChI is InChI=1S/C19H18N2O4/c1-4-12-24-14-8-7-9-15(13-14)25-17-11-6-5-10-16(17)18(21-23-3)19(22)20-2/h1,5-11,13H,12H2,2-3H3,(H,20,22)/b21-18-. The van der Waals surface area contributed by atoms with Crippen LogP contribution in [0.5, 0.6) is 17.2 Å². The van der Waals surface area contributed by atoms with Gasteiger partial charge in [0.05, 0.1) is 5.56 Å². The van der Waals surface area contributed by atoms with Crippen LogP contribution in [0.1, 0.15) is 5.56 Å². The summed E-state index contributed by atoms with van der Waals surface area (Å²) in [6.45, 7) is 0.168. The number of para-hydroxylation sites is 1. The third-order valence-corrected chi connectivity index (χ3v) is 3.12. The van der Waals surface area contributed by atoms with Crippen LogP contribution >= 0.6 is 0 Å². The van der Waals surface area contributed by atoms with Crippen LogP contribution in [0.15, 0.2) is 53.7 Å². The highest BCUT2D eigenvalue weighted by atomic mass is 16.6. The first-order valence-corrected chi connectivity index (χ1v) is 7.46. The van der Waals surface area contributed by atoms with Gasteiger partial charge in [0, 0.05) is 13.1 Å². The average Bonchev–Trinajstić information content (AvgIpc) is 2.65. The van der Waals surface area contributed by atoms with Crippen molar-refractivity contribution >= 4 is 11.6 Å². The molecule has 0 aromatic heterocycles. The highest BCUT2D eigenvalue weighted by Gasteiger charge is 2.18. The van der Waals surface area contributed by atoms with Crippen LogP contribution in [0.2, 0.25) is 0 Å². The molecule has 2 aromatic carbocycles. The summed E-state index contributed by atoms with van der Waals surface area (Å²) in [4.78, 5) is 16.8. The molecule has 2 rings (SSSR count). The average molecular weight is 338 g/mol. The minimum atomic E-state index is -0.385. The quantitative estimate of drug-likeness (QED) is 0.479. The summed E-state index contributed by atoms with van der Waals surface area (Å²) >= 11 is 0. The van der Waals surface area contributed by atoms with Crippen molar-refractivity contribution in [3.8, 4) is 29.6 Å². The number of benzene rings is 2. The third-order valence-electron chi connectivity index (χ3n) is 3.12. The van der Waals surface area contributed by atoms with E-state index in [0.29, 0.717) is 22.8 Å². The highest BCUT2D eigenvalue weighted by molar-refractivity contribution is 6.45. The fraction of sp³-hybridized carbons (Fsp3) is 0.158. The molecule has 25 heavy (non-hydrogen) atoms. The molecule has 0 aliphatic heterocycles. The Bertz CT molecular complexity index is 809. The predicted octanol–water partition coefficient (Wildman–Crippen LogP) is 2.59. The molecule has 0 aliphatic rings. The van der Waals surface area contributed by atoms with E-state index in [1.807, 2.05) is 0 Å². The summed E-state index contributed by atoms with van der Waals surface area (Å²) in [5.74, 6) is 3.60. The molecule has 2 aromatic rings. The molecule has 0 saturated carbocycles. The predicted molar refractivity (Wildman–Crippen MR) is 94.9 cm³/mol. The van der Waals surface area contributed by atoms with Crippen LogP contribution in [0.25, 0.3) is 0 Å². The first-order valence-electron chi connectivity index (χ1n) is 7.46. The van der Waals surface area contributed by atoms with Crippen LogP contribution in [0.4, 0.5) is 0 Å². The van der Waals surface area contributed by atoms with Gasteiger partial charge in [-0.1, -0.05) is 29.3 Å².